The van der Waals surface area contributed by atoms with E-state index in [4.69, 9.17) is 9.84 Å². The maximum absolute atomic E-state index is 13.6. The summed E-state index contributed by atoms with van der Waals surface area (Å²) in [6.07, 6.45) is 0. The zero-order chi connectivity index (χ0) is 14.0. The van der Waals surface area contributed by atoms with E-state index in [0.29, 0.717) is 4.47 Å². The van der Waals surface area contributed by atoms with Gasteiger partial charge in [0.1, 0.15) is 17.1 Å². The van der Waals surface area contributed by atoms with E-state index in [0.717, 1.165) is 18.2 Å². The van der Waals surface area contributed by atoms with Crippen molar-refractivity contribution in [3.05, 3.63) is 58.1 Å². The van der Waals surface area contributed by atoms with E-state index >= 15 is 0 Å². The first-order valence-corrected chi connectivity index (χ1v) is 5.92. The minimum Gasteiger partial charge on any atom is -0.478 e. The van der Waals surface area contributed by atoms with E-state index in [1.165, 1.54) is 12.1 Å². The Morgan fingerprint density at radius 1 is 1.11 bits per heavy atom. The van der Waals surface area contributed by atoms with Gasteiger partial charge in [-0.1, -0.05) is 15.9 Å². The van der Waals surface area contributed by atoms with Crippen molar-refractivity contribution in [2.24, 2.45) is 0 Å². The maximum Gasteiger partial charge on any atom is 0.339 e. The summed E-state index contributed by atoms with van der Waals surface area (Å²) in [6, 6.07) is 7.06. The van der Waals surface area contributed by atoms with Crippen molar-refractivity contribution in [3.63, 3.8) is 0 Å². The molecule has 6 heteroatoms. The molecule has 0 aromatic heterocycles. The van der Waals surface area contributed by atoms with Gasteiger partial charge < -0.3 is 9.84 Å². The van der Waals surface area contributed by atoms with Gasteiger partial charge in [-0.05, 0) is 36.4 Å². The molecule has 0 fully saturated rings. The normalized spacial score (nSPS) is 10.3. The number of benzene rings is 2. The highest BCUT2D eigenvalue weighted by molar-refractivity contribution is 9.10. The van der Waals surface area contributed by atoms with Crippen molar-refractivity contribution < 1.29 is 23.4 Å². The van der Waals surface area contributed by atoms with Crippen molar-refractivity contribution in [1.82, 2.24) is 0 Å². The highest BCUT2D eigenvalue weighted by Gasteiger charge is 2.15. The minimum atomic E-state index is -1.35. The SMILES string of the molecule is O=C(O)c1cc(F)ccc1Oc1ccc(Br)cc1F. The molecule has 0 heterocycles. The van der Waals surface area contributed by atoms with E-state index in [9.17, 15) is 13.6 Å². The molecule has 0 saturated heterocycles. The summed E-state index contributed by atoms with van der Waals surface area (Å²) in [4.78, 5) is 11.0. The van der Waals surface area contributed by atoms with Crippen LogP contribution in [0.3, 0.4) is 0 Å². The molecule has 0 unspecified atom stereocenters. The number of halogens is 3. The molecule has 3 nitrogen and oxygen atoms in total. The van der Waals surface area contributed by atoms with Crippen molar-refractivity contribution in [2.75, 3.05) is 0 Å². The summed E-state index contributed by atoms with van der Waals surface area (Å²) in [5.41, 5.74) is -0.373. The smallest absolute Gasteiger partial charge is 0.339 e. The van der Waals surface area contributed by atoms with Crippen LogP contribution in [-0.2, 0) is 0 Å². The molecule has 0 aliphatic rings. The Morgan fingerprint density at radius 2 is 1.79 bits per heavy atom. The average molecular weight is 329 g/mol. The van der Waals surface area contributed by atoms with Crippen LogP contribution in [0.25, 0.3) is 0 Å². The van der Waals surface area contributed by atoms with Gasteiger partial charge in [0.25, 0.3) is 0 Å². The van der Waals surface area contributed by atoms with Crippen LogP contribution >= 0.6 is 15.9 Å². The lowest BCUT2D eigenvalue weighted by Gasteiger charge is -2.09. The third-order valence-electron chi connectivity index (χ3n) is 2.29. The second-order valence-electron chi connectivity index (χ2n) is 3.62. The van der Waals surface area contributed by atoms with Gasteiger partial charge in [0.15, 0.2) is 11.6 Å². The van der Waals surface area contributed by atoms with Crippen LogP contribution in [-0.4, -0.2) is 11.1 Å². The Morgan fingerprint density at radius 3 is 2.42 bits per heavy atom. The fourth-order valence-electron chi connectivity index (χ4n) is 1.43. The van der Waals surface area contributed by atoms with E-state index in [2.05, 4.69) is 15.9 Å². The molecule has 0 saturated carbocycles. The monoisotopic (exact) mass is 328 g/mol. The van der Waals surface area contributed by atoms with Crippen LogP contribution in [0.5, 0.6) is 11.5 Å². The second-order valence-corrected chi connectivity index (χ2v) is 4.54. The Hall–Kier alpha value is -1.95. The number of carboxylic acids is 1. The summed E-state index contributed by atoms with van der Waals surface area (Å²) < 4.78 is 32.2. The molecule has 19 heavy (non-hydrogen) atoms. The van der Waals surface area contributed by atoms with Crippen molar-refractivity contribution in [1.29, 1.82) is 0 Å². The Labute approximate surface area is 115 Å². The number of carbonyl (C=O) groups is 1. The molecule has 0 radical (unpaired) electrons. The molecule has 1 N–H and O–H groups in total. The standard InChI is InChI=1S/C13H7BrF2O3/c14-7-1-3-12(10(16)5-7)19-11-4-2-8(15)6-9(11)13(17)18/h1-6H,(H,17,18). The highest BCUT2D eigenvalue weighted by atomic mass is 79.9. The van der Waals surface area contributed by atoms with Gasteiger partial charge in [0.05, 0.1) is 0 Å². The summed E-state index contributed by atoms with van der Waals surface area (Å²) in [5.74, 6) is -2.99. The third-order valence-corrected chi connectivity index (χ3v) is 2.78. The highest BCUT2D eigenvalue weighted by Crippen LogP contribution is 2.29. The van der Waals surface area contributed by atoms with Crippen LogP contribution in [0.2, 0.25) is 0 Å². The Balaban J connectivity index is 2.40. The van der Waals surface area contributed by atoms with Crippen LogP contribution < -0.4 is 4.74 Å². The quantitative estimate of drug-likeness (QED) is 0.917. The first-order chi connectivity index (χ1) is 8.97. The van der Waals surface area contributed by atoms with Crippen LogP contribution in [0.4, 0.5) is 8.78 Å². The number of ether oxygens (including phenoxy) is 1. The van der Waals surface area contributed by atoms with Gasteiger partial charge >= 0.3 is 5.97 Å². The van der Waals surface area contributed by atoms with Gasteiger partial charge in [-0.2, -0.15) is 0 Å². The van der Waals surface area contributed by atoms with Crippen LogP contribution in [0.1, 0.15) is 10.4 Å². The molecule has 2 aromatic rings. The first-order valence-electron chi connectivity index (χ1n) is 5.13. The lowest BCUT2D eigenvalue weighted by molar-refractivity contribution is 0.0693. The van der Waals surface area contributed by atoms with Crippen molar-refractivity contribution in [2.45, 2.75) is 0 Å². The minimum absolute atomic E-state index is 0.130. The largest absolute Gasteiger partial charge is 0.478 e. The zero-order valence-electron chi connectivity index (χ0n) is 9.36. The van der Waals surface area contributed by atoms with Crippen LogP contribution in [0.15, 0.2) is 40.9 Å². The van der Waals surface area contributed by atoms with E-state index in [-0.39, 0.29) is 17.1 Å². The number of hydrogen-bond donors (Lipinski definition) is 1. The fraction of sp³-hybridized carbons (Fsp3) is 0. The number of hydrogen-bond acceptors (Lipinski definition) is 2. The lowest BCUT2D eigenvalue weighted by Crippen LogP contribution is -2.01. The first kappa shape index (κ1) is 13.5. The topological polar surface area (TPSA) is 46.5 Å². The van der Waals surface area contributed by atoms with Gasteiger partial charge in [0, 0.05) is 4.47 Å². The molecule has 0 bridgehead atoms. The molecule has 0 aliphatic carbocycles. The average Bonchev–Trinajstić information content (AvgIpc) is 2.34. The zero-order valence-corrected chi connectivity index (χ0v) is 10.9. The molecule has 2 aromatic carbocycles. The summed E-state index contributed by atoms with van der Waals surface area (Å²) in [6.45, 7) is 0. The molecule has 2 rings (SSSR count). The van der Waals surface area contributed by atoms with E-state index < -0.39 is 17.6 Å². The molecule has 0 aliphatic heterocycles. The fourth-order valence-corrected chi connectivity index (χ4v) is 1.77. The number of carboxylic acid groups (broad SMARTS) is 1. The third kappa shape index (κ3) is 3.08. The molecular weight excluding hydrogens is 322 g/mol. The molecule has 0 amide bonds. The number of rotatable bonds is 3. The molecule has 0 atom stereocenters. The Kier molecular flexibility index (Phi) is 3.80. The predicted octanol–water partition coefficient (Wildman–Crippen LogP) is 4.22. The van der Waals surface area contributed by atoms with Crippen LogP contribution in [0, 0.1) is 11.6 Å². The van der Waals surface area contributed by atoms with Gasteiger partial charge in [-0.3, -0.25) is 0 Å². The van der Waals surface area contributed by atoms with Crippen molar-refractivity contribution in [3.8, 4) is 11.5 Å². The maximum atomic E-state index is 13.6. The van der Waals surface area contributed by atoms with Gasteiger partial charge in [-0.15, -0.1) is 0 Å². The van der Waals surface area contributed by atoms with E-state index in [1.807, 2.05) is 0 Å². The lowest BCUT2D eigenvalue weighted by atomic mass is 10.2. The van der Waals surface area contributed by atoms with E-state index in [1.54, 1.807) is 6.07 Å². The molecule has 98 valence electrons. The molecular formula is C13H7BrF2O3. The summed E-state index contributed by atoms with van der Waals surface area (Å²) >= 11 is 3.09. The second kappa shape index (κ2) is 5.36. The number of aromatic carboxylic acids is 1. The summed E-state index contributed by atoms with van der Waals surface area (Å²) in [5, 5.41) is 8.93. The Bertz CT molecular complexity index is 644. The van der Waals surface area contributed by atoms with Gasteiger partial charge in [-0.25, -0.2) is 13.6 Å². The summed E-state index contributed by atoms with van der Waals surface area (Å²) in [7, 11) is 0. The van der Waals surface area contributed by atoms with Crippen molar-refractivity contribution >= 4 is 21.9 Å². The molecule has 0 spiro atoms. The predicted molar refractivity (Wildman–Crippen MR) is 67.5 cm³/mol. The van der Waals surface area contributed by atoms with Gasteiger partial charge in [0.2, 0.25) is 0 Å².